The molecule has 0 fully saturated rings. The summed E-state index contributed by atoms with van der Waals surface area (Å²) in [5, 5.41) is 0. The van der Waals surface area contributed by atoms with E-state index < -0.39 is 5.91 Å². The van der Waals surface area contributed by atoms with Gasteiger partial charge in [-0.05, 0) is 13.8 Å². The molecule has 0 bridgehead atoms. The summed E-state index contributed by atoms with van der Waals surface area (Å²) in [5.74, 6) is -0.352. The summed E-state index contributed by atoms with van der Waals surface area (Å²) in [7, 11) is 0. The molecule has 1 amide bonds. The first-order valence-electron chi connectivity index (χ1n) is 4.61. The van der Waals surface area contributed by atoms with E-state index in [1.165, 1.54) is 0 Å². The van der Waals surface area contributed by atoms with E-state index in [4.69, 9.17) is 15.2 Å². The van der Waals surface area contributed by atoms with Crippen LogP contribution in [0.25, 0.3) is 0 Å². The minimum Gasteiger partial charge on any atom is -0.465 e. The number of nitrogens with two attached hydrogens (primary N) is 1. The average molecular weight is 211 g/mol. The molecule has 6 heteroatoms. The third kappa shape index (κ3) is 2.55. The molecule has 2 N–H and O–H groups in total. The predicted molar refractivity (Wildman–Crippen MR) is 55.4 cm³/mol. The molecule has 0 unspecified atom stereocenters. The number of nitrogens with zero attached hydrogens (tertiary/aromatic N) is 2. The molecule has 0 spiro atoms. The molecule has 0 atom stereocenters. The number of hydrogen-bond acceptors (Lipinski definition) is 5. The lowest BCUT2D eigenvalue weighted by Crippen LogP contribution is -2.26. The molecule has 0 radical (unpaired) electrons. The molecule has 0 aromatic heterocycles. The lowest BCUT2D eigenvalue weighted by atomic mass is 10.2. The van der Waals surface area contributed by atoms with Crippen molar-refractivity contribution in [3.05, 3.63) is 11.5 Å². The number of amides is 1. The van der Waals surface area contributed by atoms with Gasteiger partial charge < -0.3 is 15.2 Å². The molecule has 15 heavy (non-hydrogen) atoms. The maximum absolute atomic E-state index is 11.4. The highest BCUT2D eigenvalue weighted by Crippen LogP contribution is 2.12. The molecule has 0 saturated heterocycles. The van der Waals surface area contributed by atoms with Crippen LogP contribution in [0.15, 0.2) is 21.5 Å². The number of aliphatic imine (C=N–C) groups is 2. The molecule has 1 rings (SSSR count). The summed E-state index contributed by atoms with van der Waals surface area (Å²) in [4.78, 5) is 18.6. The molecule has 0 aromatic rings. The van der Waals surface area contributed by atoms with Gasteiger partial charge in [0.1, 0.15) is 12.2 Å². The summed E-state index contributed by atoms with van der Waals surface area (Å²) in [6, 6.07) is 0. The average Bonchev–Trinajstić information content (AvgIpc) is 2.18. The van der Waals surface area contributed by atoms with E-state index in [-0.39, 0.29) is 17.4 Å². The smallest absolute Gasteiger partial charge is 0.296 e. The molecule has 82 valence electrons. The zero-order valence-corrected chi connectivity index (χ0v) is 8.69. The molecule has 6 nitrogen and oxygen atoms in total. The standard InChI is InChI=1S/C9H13N3O3/c1-3-14-9(15-4-2)6-7(10)11-5-12-8(6)13/h5H,3-4H2,1-2H3,(H2,10,11,12,13). The van der Waals surface area contributed by atoms with Crippen molar-refractivity contribution in [3.8, 4) is 0 Å². The van der Waals surface area contributed by atoms with Crippen molar-refractivity contribution in [1.29, 1.82) is 0 Å². The van der Waals surface area contributed by atoms with Gasteiger partial charge in [-0.3, -0.25) is 4.79 Å². The Balaban J connectivity index is 3.06. The second kappa shape index (κ2) is 5.14. The first kappa shape index (κ1) is 11.2. The van der Waals surface area contributed by atoms with Gasteiger partial charge in [-0.15, -0.1) is 0 Å². The molecule has 0 saturated carbocycles. The van der Waals surface area contributed by atoms with Gasteiger partial charge in [0.15, 0.2) is 5.57 Å². The number of amidine groups is 1. The van der Waals surface area contributed by atoms with Crippen molar-refractivity contribution >= 4 is 18.1 Å². The third-order valence-corrected chi connectivity index (χ3v) is 1.60. The van der Waals surface area contributed by atoms with Crippen molar-refractivity contribution < 1.29 is 14.3 Å². The van der Waals surface area contributed by atoms with Crippen molar-refractivity contribution in [2.75, 3.05) is 13.2 Å². The molecule has 1 aliphatic heterocycles. The van der Waals surface area contributed by atoms with Crippen LogP contribution in [0, 0.1) is 0 Å². The van der Waals surface area contributed by atoms with Gasteiger partial charge in [0.05, 0.1) is 13.2 Å². The number of hydrogen-bond donors (Lipinski definition) is 1. The highest BCUT2D eigenvalue weighted by molar-refractivity contribution is 6.25. The van der Waals surface area contributed by atoms with E-state index >= 15 is 0 Å². The number of carbonyl (C=O) groups is 1. The van der Waals surface area contributed by atoms with Gasteiger partial charge in [0, 0.05) is 0 Å². The predicted octanol–water partition coefficient (Wildman–Crippen LogP) is 0.197. The second-order valence-corrected chi connectivity index (χ2v) is 2.59. The fraction of sp³-hybridized carbons (Fsp3) is 0.444. The van der Waals surface area contributed by atoms with Gasteiger partial charge in [0.25, 0.3) is 11.9 Å². The number of ether oxygens (including phenoxy) is 2. The van der Waals surface area contributed by atoms with Gasteiger partial charge in [0.2, 0.25) is 0 Å². The van der Waals surface area contributed by atoms with E-state index in [2.05, 4.69) is 9.98 Å². The van der Waals surface area contributed by atoms with Crippen LogP contribution in [-0.2, 0) is 14.3 Å². The molecule has 1 heterocycles. The number of carbonyl (C=O) groups excluding carboxylic acids is 1. The Kier molecular flexibility index (Phi) is 3.84. The highest BCUT2D eigenvalue weighted by Gasteiger charge is 2.23. The van der Waals surface area contributed by atoms with Gasteiger partial charge >= 0.3 is 0 Å². The van der Waals surface area contributed by atoms with Gasteiger partial charge in [-0.2, -0.15) is 4.99 Å². The van der Waals surface area contributed by atoms with Crippen LogP contribution in [0.1, 0.15) is 13.8 Å². The molecular weight excluding hydrogens is 198 g/mol. The fourth-order valence-corrected chi connectivity index (χ4v) is 1.02. The van der Waals surface area contributed by atoms with E-state index in [9.17, 15) is 4.79 Å². The van der Waals surface area contributed by atoms with Crippen LogP contribution in [-0.4, -0.2) is 31.3 Å². The van der Waals surface area contributed by atoms with Crippen LogP contribution in [0.3, 0.4) is 0 Å². The zero-order valence-electron chi connectivity index (χ0n) is 8.69. The van der Waals surface area contributed by atoms with Crippen LogP contribution >= 0.6 is 0 Å². The molecule has 0 aromatic carbocycles. The normalized spacial score (nSPS) is 14.9. The minimum absolute atomic E-state index is 0.0619. The van der Waals surface area contributed by atoms with E-state index in [0.717, 1.165) is 6.34 Å². The maximum atomic E-state index is 11.4. The van der Waals surface area contributed by atoms with Crippen molar-refractivity contribution in [1.82, 2.24) is 0 Å². The van der Waals surface area contributed by atoms with Crippen molar-refractivity contribution in [3.63, 3.8) is 0 Å². The second-order valence-electron chi connectivity index (χ2n) is 2.59. The maximum Gasteiger partial charge on any atom is 0.296 e. The topological polar surface area (TPSA) is 86.3 Å². The largest absolute Gasteiger partial charge is 0.465 e. The quantitative estimate of drug-likeness (QED) is 0.531. The van der Waals surface area contributed by atoms with Crippen LogP contribution in [0.2, 0.25) is 0 Å². The summed E-state index contributed by atoms with van der Waals surface area (Å²) < 4.78 is 10.3. The fourth-order valence-electron chi connectivity index (χ4n) is 1.02. The lowest BCUT2D eigenvalue weighted by Gasteiger charge is -2.13. The molecule has 0 aliphatic carbocycles. The van der Waals surface area contributed by atoms with Crippen molar-refractivity contribution in [2.24, 2.45) is 15.7 Å². The summed E-state index contributed by atoms with van der Waals surface area (Å²) in [5.41, 5.74) is 5.64. The Morgan fingerprint density at radius 3 is 2.47 bits per heavy atom. The van der Waals surface area contributed by atoms with E-state index in [1.807, 2.05) is 0 Å². The summed E-state index contributed by atoms with van der Waals surface area (Å²) in [6.07, 6.45) is 1.11. The Labute approximate surface area is 87.5 Å². The van der Waals surface area contributed by atoms with Gasteiger partial charge in [-0.1, -0.05) is 0 Å². The highest BCUT2D eigenvalue weighted by atomic mass is 16.7. The minimum atomic E-state index is -0.501. The number of rotatable bonds is 4. The zero-order chi connectivity index (χ0) is 11.3. The first-order chi connectivity index (χ1) is 7.20. The summed E-state index contributed by atoms with van der Waals surface area (Å²) in [6.45, 7) is 4.32. The van der Waals surface area contributed by atoms with Crippen LogP contribution < -0.4 is 5.73 Å². The SMILES string of the molecule is CCOC(OCC)=C1C(=O)N=CN=C1N. The molecule has 1 aliphatic rings. The van der Waals surface area contributed by atoms with Gasteiger partial charge in [-0.25, -0.2) is 4.99 Å². The van der Waals surface area contributed by atoms with E-state index in [1.54, 1.807) is 13.8 Å². The Bertz CT molecular complexity index is 337. The Morgan fingerprint density at radius 2 is 2.00 bits per heavy atom. The Morgan fingerprint density at radius 1 is 1.40 bits per heavy atom. The van der Waals surface area contributed by atoms with Crippen LogP contribution in [0.4, 0.5) is 0 Å². The Hall–Kier alpha value is -1.85. The van der Waals surface area contributed by atoms with E-state index in [0.29, 0.717) is 13.2 Å². The molecular formula is C9H13N3O3. The summed E-state index contributed by atoms with van der Waals surface area (Å²) >= 11 is 0. The lowest BCUT2D eigenvalue weighted by molar-refractivity contribution is -0.114. The van der Waals surface area contributed by atoms with Crippen LogP contribution in [0.5, 0.6) is 0 Å². The first-order valence-corrected chi connectivity index (χ1v) is 4.61. The third-order valence-electron chi connectivity index (χ3n) is 1.60. The van der Waals surface area contributed by atoms with Crippen molar-refractivity contribution in [2.45, 2.75) is 13.8 Å². The monoisotopic (exact) mass is 211 g/mol.